The Morgan fingerprint density at radius 3 is 2.60 bits per heavy atom. The van der Waals surface area contributed by atoms with Gasteiger partial charge in [-0.25, -0.2) is 4.79 Å². The van der Waals surface area contributed by atoms with Crippen LogP contribution in [-0.4, -0.2) is 46.0 Å². The van der Waals surface area contributed by atoms with Gasteiger partial charge in [-0.05, 0) is 26.7 Å². The van der Waals surface area contributed by atoms with Crippen molar-refractivity contribution in [1.29, 1.82) is 0 Å². The molecule has 0 aromatic carbocycles. The topological polar surface area (TPSA) is 78.5 Å². The van der Waals surface area contributed by atoms with E-state index < -0.39 is 0 Å². The second kappa shape index (κ2) is 6.47. The first-order valence-corrected chi connectivity index (χ1v) is 8.03. The van der Waals surface area contributed by atoms with Crippen molar-refractivity contribution in [2.45, 2.75) is 57.7 Å². The predicted molar refractivity (Wildman–Crippen MR) is 77.5 cm³/mol. The smallest absolute Gasteiger partial charge is 0.315 e. The van der Waals surface area contributed by atoms with Crippen LogP contribution in [0.15, 0.2) is 0 Å². The van der Waals surface area contributed by atoms with Gasteiger partial charge in [0, 0.05) is 6.04 Å². The van der Waals surface area contributed by atoms with Crippen LogP contribution in [0.1, 0.15) is 39.5 Å². The Bertz CT molecular complexity index is 398. The maximum Gasteiger partial charge on any atom is 0.315 e. The average molecular weight is 299 g/mol. The number of carbonyl (C=O) groups excluding carboxylic acids is 3. The number of amides is 4. The first kappa shape index (κ1) is 15.2. The zero-order valence-electron chi connectivity index (χ0n) is 11.8. The quantitative estimate of drug-likeness (QED) is 0.831. The van der Waals surface area contributed by atoms with Gasteiger partial charge >= 0.3 is 6.03 Å². The zero-order valence-corrected chi connectivity index (χ0v) is 12.7. The van der Waals surface area contributed by atoms with E-state index in [0.717, 1.165) is 37.4 Å². The van der Waals surface area contributed by atoms with Crippen LogP contribution in [0.4, 0.5) is 9.59 Å². The van der Waals surface area contributed by atoms with E-state index in [4.69, 9.17) is 0 Å². The van der Waals surface area contributed by atoms with Gasteiger partial charge in [0.15, 0.2) is 0 Å². The van der Waals surface area contributed by atoms with Crippen LogP contribution in [0.3, 0.4) is 0 Å². The lowest BCUT2D eigenvalue weighted by atomic mass is 9.89. The summed E-state index contributed by atoms with van der Waals surface area (Å²) in [5.74, 6) is 0.0863. The first-order valence-electron chi connectivity index (χ1n) is 7.05. The molecule has 1 aliphatic carbocycles. The number of hydrogen-bond donors (Lipinski definition) is 2. The fourth-order valence-electron chi connectivity index (χ4n) is 2.75. The third-order valence-corrected chi connectivity index (χ3v) is 4.42. The standard InChI is InChI=1S/C13H21N3O3S/c1-8(2)14-12(18)15-9-5-3-4-6-10(9)16-11(17)7-20-13(16)19/h8-10H,3-7H2,1-2H3,(H2,14,15,18). The monoisotopic (exact) mass is 299 g/mol. The summed E-state index contributed by atoms with van der Waals surface area (Å²) in [6.45, 7) is 3.78. The highest BCUT2D eigenvalue weighted by Gasteiger charge is 2.41. The molecule has 112 valence electrons. The Morgan fingerprint density at radius 2 is 2.00 bits per heavy atom. The van der Waals surface area contributed by atoms with Crippen molar-refractivity contribution in [1.82, 2.24) is 15.5 Å². The summed E-state index contributed by atoms with van der Waals surface area (Å²) in [6.07, 6.45) is 3.56. The van der Waals surface area contributed by atoms with Crippen molar-refractivity contribution < 1.29 is 14.4 Å². The van der Waals surface area contributed by atoms with E-state index in [9.17, 15) is 14.4 Å². The van der Waals surface area contributed by atoms with Crippen LogP contribution in [-0.2, 0) is 4.79 Å². The van der Waals surface area contributed by atoms with Gasteiger partial charge in [-0.3, -0.25) is 14.5 Å². The van der Waals surface area contributed by atoms with Crippen LogP contribution in [0.2, 0.25) is 0 Å². The van der Waals surface area contributed by atoms with Gasteiger partial charge in [-0.15, -0.1) is 0 Å². The Balaban J connectivity index is 2.03. The fourth-order valence-corrected chi connectivity index (χ4v) is 3.51. The van der Waals surface area contributed by atoms with E-state index in [2.05, 4.69) is 10.6 Å². The van der Waals surface area contributed by atoms with Gasteiger partial charge < -0.3 is 10.6 Å². The molecule has 2 fully saturated rings. The normalized spacial score (nSPS) is 27.1. The van der Waals surface area contributed by atoms with Crippen molar-refractivity contribution in [3.63, 3.8) is 0 Å². The molecule has 1 aliphatic heterocycles. The Labute approximate surface area is 123 Å². The molecule has 2 unspecified atom stereocenters. The molecule has 7 heteroatoms. The highest BCUT2D eigenvalue weighted by molar-refractivity contribution is 8.14. The van der Waals surface area contributed by atoms with Crippen molar-refractivity contribution in [2.24, 2.45) is 0 Å². The molecule has 0 aromatic heterocycles. The van der Waals surface area contributed by atoms with Crippen molar-refractivity contribution in [2.75, 3.05) is 5.75 Å². The van der Waals surface area contributed by atoms with Gasteiger partial charge in [0.2, 0.25) is 5.91 Å². The van der Waals surface area contributed by atoms with E-state index in [1.807, 2.05) is 13.8 Å². The summed E-state index contributed by atoms with van der Waals surface area (Å²) in [7, 11) is 0. The molecule has 0 bridgehead atoms. The molecule has 1 saturated carbocycles. The number of rotatable bonds is 3. The van der Waals surface area contributed by atoms with Gasteiger partial charge in [0.25, 0.3) is 5.24 Å². The molecule has 20 heavy (non-hydrogen) atoms. The van der Waals surface area contributed by atoms with Crippen molar-refractivity contribution >= 4 is 28.9 Å². The highest BCUT2D eigenvalue weighted by atomic mass is 32.2. The maximum absolute atomic E-state index is 11.8. The predicted octanol–water partition coefficient (Wildman–Crippen LogP) is 1.70. The molecule has 1 heterocycles. The Hall–Kier alpha value is -1.24. The van der Waals surface area contributed by atoms with E-state index >= 15 is 0 Å². The summed E-state index contributed by atoms with van der Waals surface area (Å²) in [6, 6.07) is -0.517. The fraction of sp³-hybridized carbons (Fsp3) is 0.769. The van der Waals surface area contributed by atoms with Gasteiger partial charge in [0.1, 0.15) is 0 Å². The minimum absolute atomic E-state index is 0.0580. The van der Waals surface area contributed by atoms with E-state index in [1.54, 1.807) is 0 Å². The van der Waals surface area contributed by atoms with Gasteiger partial charge in [-0.1, -0.05) is 24.6 Å². The average Bonchev–Trinajstić information content (AvgIpc) is 2.69. The van der Waals surface area contributed by atoms with Crippen molar-refractivity contribution in [3.8, 4) is 0 Å². The zero-order chi connectivity index (χ0) is 14.7. The summed E-state index contributed by atoms with van der Waals surface area (Å²) >= 11 is 1.05. The minimum Gasteiger partial charge on any atom is -0.336 e. The molecule has 0 spiro atoms. The number of hydrogen-bond acceptors (Lipinski definition) is 4. The van der Waals surface area contributed by atoms with Crippen LogP contribution in [0.5, 0.6) is 0 Å². The third-order valence-electron chi connectivity index (χ3n) is 3.58. The first-order chi connectivity index (χ1) is 9.49. The Kier molecular flexibility index (Phi) is 4.91. The van der Waals surface area contributed by atoms with Crippen LogP contribution in [0.25, 0.3) is 0 Å². The number of imide groups is 1. The lowest BCUT2D eigenvalue weighted by Crippen LogP contribution is -2.56. The number of thioether (sulfide) groups is 1. The second-order valence-corrected chi connectivity index (χ2v) is 6.48. The van der Waals surface area contributed by atoms with Crippen LogP contribution < -0.4 is 10.6 Å². The lowest BCUT2D eigenvalue weighted by Gasteiger charge is -2.36. The van der Waals surface area contributed by atoms with E-state index in [-0.39, 0.29) is 41.1 Å². The Morgan fingerprint density at radius 1 is 1.30 bits per heavy atom. The summed E-state index contributed by atoms with van der Waals surface area (Å²) in [5, 5.41) is 5.51. The number of nitrogens with zero attached hydrogens (tertiary/aromatic N) is 1. The highest BCUT2D eigenvalue weighted by Crippen LogP contribution is 2.29. The largest absolute Gasteiger partial charge is 0.336 e. The molecule has 4 amide bonds. The summed E-state index contributed by atoms with van der Waals surface area (Å²) < 4.78 is 0. The lowest BCUT2D eigenvalue weighted by molar-refractivity contribution is -0.127. The van der Waals surface area contributed by atoms with Gasteiger partial charge in [0.05, 0.1) is 17.8 Å². The molecule has 2 rings (SSSR count). The second-order valence-electron chi connectivity index (χ2n) is 5.55. The summed E-state index contributed by atoms with van der Waals surface area (Å²) in [4.78, 5) is 36.9. The molecule has 6 nitrogen and oxygen atoms in total. The molecular weight excluding hydrogens is 278 g/mol. The number of nitrogens with one attached hydrogen (secondary N) is 2. The summed E-state index contributed by atoms with van der Waals surface area (Å²) in [5.41, 5.74) is 0. The minimum atomic E-state index is -0.233. The molecule has 0 radical (unpaired) electrons. The molecule has 0 aromatic rings. The molecule has 2 aliphatic rings. The van der Waals surface area contributed by atoms with E-state index in [0.29, 0.717) is 0 Å². The number of carbonyl (C=O) groups is 3. The van der Waals surface area contributed by atoms with E-state index in [1.165, 1.54) is 4.90 Å². The van der Waals surface area contributed by atoms with Crippen molar-refractivity contribution in [3.05, 3.63) is 0 Å². The third kappa shape index (κ3) is 3.45. The van der Waals surface area contributed by atoms with Crippen LogP contribution in [0, 0.1) is 0 Å². The molecule has 2 atom stereocenters. The van der Waals surface area contributed by atoms with Crippen LogP contribution >= 0.6 is 11.8 Å². The molecule has 1 saturated heterocycles. The number of urea groups is 1. The maximum atomic E-state index is 11.8. The molecule has 2 N–H and O–H groups in total. The molecular formula is C13H21N3O3S. The SMILES string of the molecule is CC(C)NC(=O)NC1CCCCC1N1C(=O)CSC1=O. The van der Waals surface area contributed by atoms with Gasteiger partial charge in [-0.2, -0.15) is 0 Å².